The molecule has 3 heterocycles. The van der Waals surface area contributed by atoms with Crippen molar-refractivity contribution >= 4 is 32.7 Å². The second-order valence-electron chi connectivity index (χ2n) is 11.3. The summed E-state index contributed by atoms with van der Waals surface area (Å²) in [7, 11) is 0. The number of benzene rings is 4. The van der Waals surface area contributed by atoms with Crippen LogP contribution in [0.1, 0.15) is 58.1 Å². The zero-order chi connectivity index (χ0) is 39.4. The summed E-state index contributed by atoms with van der Waals surface area (Å²) in [6.45, 7) is -1.75. The molecule has 0 aliphatic heterocycles. The van der Waals surface area contributed by atoms with Crippen LogP contribution in [0.15, 0.2) is 102 Å². The third kappa shape index (κ3) is 6.67. The van der Waals surface area contributed by atoms with Gasteiger partial charge >= 0.3 is 0 Å². The molecule has 0 N–H and O–H groups in total. The number of aryl methyl sites for hydroxylation is 3. The van der Waals surface area contributed by atoms with Gasteiger partial charge in [-0.3, -0.25) is 0 Å². The average Bonchev–Trinajstić information content (AvgIpc) is 3.50. The van der Waals surface area contributed by atoms with Gasteiger partial charge in [0.1, 0.15) is 5.58 Å². The van der Waals surface area contributed by atoms with Gasteiger partial charge in [-0.2, -0.15) is 0 Å². The first-order chi connectivity index (χ1) is 25.1. The van der Waals surface area contributed by atoms with Crippen molar-refractivity contribution in [3.8, 4) is 22.5 Å². The second-order valence-corrected chi connectivity index (χ2v) is 11.3. The molecular weight excluding hydrogens is 717 g/mol. The topological polar surface area (TPSA) is 38.9 Å². The number of hydrogen-bond donors (Lipinski definition) is 0. The van der Waals surface area contributed by atoms with E-state index >= 15 is 0 Å². The summed E-state index contributed by atoms with van der Waals surface area (Å²) in [6.07, 6.45) is 1.19. The van der Waals surface area contributed by atoms with Gasteiger partial charge in [0.2, 0.25) is 0 Å². The number of fused-ring (bicyclic) bond motifs is 5. The fraction of sp³-hybridized carbons (Fsp3) is 0.200. The van der Waals surface area contributed by atoms with E-state index in [0.29, 0.717) is 16.8 Å². The number of rotatable bonds is 3. The number of furan rings is 1. The summed E-state index contributed by atoms with van der Waals surface area (Å²) in [5, 5.41) is 4.27. The Morgan fingerprint density at radius 1 is 0.795 bits per heavy atom. The average molecular weight is 764 g/mol. The summed E-state index contributed by atoms with van der Waals surface area (Å²) in [4.78, 5) is 8.53. The molecule has 0 unspecified atom stereocenters. The minimum atomic E-state index is -2.61. The summed E-state index contributed by atoms with van der Waals surface area (Å²) < 4.78 is 90.5. The van der Waals surface area contributed by atoms with E-state index in [0.717, 1.165) is 44.5 Å². The van der Waals surface area contributed by atoms with Crippen LogP contribution in [0.4, 0.5) is 0 Å². The second kappa shape index (κ2) is 12.9. The molecule has 223 valence electrons. The van der Waals surface area contributed by atoms with Gasteiger partial charge < -0.3 is 14.4 Å². The predicted octanol–water partition coefficient (Wildman–Crippen LogP) is 10.7. The molecule has 3 nitrogen and oxygen atoms in total. The normalized spacial score (nSPS) is 16.2. The summed E-state index contributed by atoms with van der Waals surface area (Å²) in [6, 6.07) is 31.2. The first kappa shape index (κ1) is 20.0. The quantitative estimate of drug-likeness (QED) is 0.168. The predicted molar refractivity (Wildman–Crippen MR) is 179 cm³/mol. The fourth-order valence-corrected chi connectivity index (χ4v) is 4.92. The van der Waals surface area contributed by atoms with Crippen LogP contribution in [0.3, 0.4) is 0 Å². The van der Waals surface area contributed by atoms with Gasteiger partial charge in [-0.1, -0.05) is 98.2 Å². The molecule has 4 aromatic carbocycles. The zero-order valence-electron chi connectivity index (χ0n) is 35.4. The van der Waals surface area contributed by atoms with Crippen LogP contribution in [-0.4, -0.2) is 9.97 Å². The van der Waals surface area contributed by atoms with Crippen LogP contribution in [-0.2, 0) is 26.5 Å². The van der Waals surface area contributed by atoms with E-state index in [4.69, 9.17) is 19.5 Å². The molecule has 1 radical (unpaired) electrons. The smallest absolute Gasteiger partial charge is 0.128 e. The number of hydrogen-bond acceptors (Lipinski definition) is 3. The fourth-order valence-electron chi connectivity index (χ4n) is 4.92. The zero-order valence-corrected chi connectivity index (χ0v) is 26.8. The van der Waals surface area contributed by atoms with Gasteiger partial charge in [-0.05, 0) is 53.9 Å². The van der Waals surface area contributed by atoms with Crippen molar-refractivity contribution in [1.29, 1.82) is 0 Å². The van der Waals surface area contributed by atoms with E-state index in [1.165, 1.54) is 24.3 Å². The largest absolute Gasteiger partial charge is 0.500 e. The van der Waals surface area contributed by atoms with Crippen molar-refractivity contribution in [3.05, 3.63) is 132 Å². The van der Waals surface area contributed by atoms with Crippen molar-refractivity contribution in [3.63, 3.8) is 0 Å². The molecule has 0 fully saturated rings. The van der Waals surface area contributed by atoms with Gasteiger partial charge in [0.15, 0.2) is 0 Å². The van der Waals surface area contributed by atoms with Crippen LogP contribution in [0.5, 0.6) is 0 Å². The van der Waals surface area contributed by atoms with Crippen molar-refractivity contribution < 1.29 is 39.6 Å². The Morgan fingerprint density at radius 3 is 2.41 bits per heavy atom. The van der Waals surface area contributed by atoms with E-state index in [1.54, 1.807) is 12.3 Å². The van der Waals surface area contributed by atoms with E-state index in [1.807, 2.05) is 51.1 Å². The first-order valence-electron chi connectivity index (χ1n) is 19.3. The van der Waals surface area contributed by atoms with Crippen molar-refractivity contribution in [2.24, 2.45) is 5.41 Å². The molecule has 3 aromatic heterocycles. The summed E-state index contributed by atoms with van der Waals surface area (Å²) >= 11 is 0. The molecule has 0 atom stereocenters. The third-order valence-electron chi connectivity index (χ3n) is 6.85. The van der Waals surface area contributed by atoms with Crippen LogP contribution < -0.4 is 0 Å². The van der Waals surface area contributed by atoms with E-state index in [2.05, 4.69) is 46.4 Å². The minimum absolute atomic E-state index is 0. The number of nitrogens with zero attached hydrogens (tertiary/aromatic N) is 2. The van der Waals surface area contributed by atoms with E-state index in [9.17, 15) is 0 Å². The van der Waals surface area contributed by atoms with Gasteiger partial charge in [-0.15, -0.1) is 53.6 Å². The molecule has 0 saturated heterocycles. The summed E-state index contributed by atoms with van der Waals surface area (Å²) in [5.74, 6) is 0. The Bertz CT molecular complexity index is 2480. The SMILES string of the molecule is [2H]C([2H])([2H])c1c[c-]c(-c2cc(C([2H])([2H])[2H])c(C([2H])([2H])[2H])cn2)cc1.[2H]C([2H])(c1ccnc(-c2[c-]ccc3c2oc2c4ccccc4ccc32)c1)C(C)(C)C.[Ir]. The Kier molecular flexibility index (Phi) is 5.85. The summed E-state index contributed by atoms with van der Waals surface area (Å²) in [5.41, 5.74) is 3.11. The molecule has 4 heteroatoms. The maximum absolute atomic E-state index is 8.62. The monoisotopic (exact) mass is 764 g/mol. The van der Waals surface area contributed by atoms with Crippen molar-refractivity contribution in [1.82, 2.24) is 9.97 Å². The van der Waals surface area contributed by atoms with Crippen molar-refractivity contribution in [2.75, 3.05) is 0 Å². The van der Waals surface area contributed by atoms with Gasteiger partial charge in [0, 0.05) is 58.3 Å². The van der Waals surface area contributed by atoms with Gasteiger partial charge in [-0.25, -0.2) is 0 Å². The minimum Gasteiger partial charge on any atom is -0.500 e. The number of pyridine rings is 2. The third-order valence-corrected chi connectivity index (χ3v) is 6.85. The molecule has 0 spiro atoms. The molecule has 0 aliphatic carbocycles. The Hall–Kier alpha value is -4.11. The maximum Gasteiger partial charge on any atom is 0.128 e. The molecule has 44 heavy (non-hydrogen) atoms. The first-order valence-corrected chi connectivity index (χ1v) is 13.8. The van der Waals surface area contributed by atoms with Gasteiger partial charge in [0.05, 0.1) is 5.58 Å². The number of aromatic nitrogens is 2. The molecule has 7 aromatic rings. The van der Waals surface area contributed by atoms with Crippen LogP contribution in [0, 0.1) is 38.1 Å². The Labute approximate surface area is 289 Å². The van der Waals surface area contributed by atoms with E-state index < -0.39 is 32.3 Å². The Balaban J connectivity index is 0.000000213. The van der Waals surface area contributed by atoms with Crippen molar-refractivity contribution in [2.45, 2.75) is 47.7 Å². The van der Waals surface area contributed by atoms with Crippen LogP contribution in [0.25, 0.3) is 55.2 Å². The molecule has 7 rings (SSSR count). The molecule has 0 bridgehead atoms. The Morgan fingerprint density at radius 2 is 1.64 bits per heavy atom. The van der Waals surface area contributed by atoms with Crippen LogP contribution >= 0.6 is 0 Å². The molecule has 0 amide bonds. The molecular formula is C40H36IrN2O-2. The molecule has 0 aliphatic rings. The standard InChI is InChI=1S/C26H22NO.C14H14N.Ir/c1-26(2,3)16-17-13-14-27-23(15-17)22-10-6-9-20-21-12-11-18-7-4-5-8-19(18)24(21)28-25(20)22;1-10-4-6-13(7-5-10)14-8-11(2)12(3)9-15-14;/h4-9,11-15H,16H2,1-3H3;4-6,8-9H,1-3H3;/q2*-1;/i16D2;1D3,2D3,3D3;. The maximum atomic E-state index is 8.62. The molecule has 0 saturated carbocycles. The van der Waals surface area contributed by atoms with Crippen LogP contribution in [0.2, 0.25) is 0 Å². The van der Waals surface area contributed by atoms with E-state index in [-0.39, 0.29) is 42.5 Å². The van der Waals surface area contributed by atoms with Gasteiger partial charge in [0.25, 0.3) is 0 Å².